The second-order valence-electron chi connectivity index (χ2n) is 4.01. The smallest absolute Gasteiger partial charge is 0.326 e. The van der Waals surface area contributed by atoms with E-state index in [1.165, 1.54) is 7.11 Å². The molecule has 1 amide bonds. The molecule has 0 bridgehead atoms. The van der Waals surface area contributed by atoms with Crippen molar-refractivity contribution in [2.45, 2.75) is 45.3 Å². The lowest BCUT2D eigenvalue weighted by atomic mass is 10.0. The molecular weight excluding hydrogens is 198 g/mol. The molecule has 0 aliphatic rings. The van der Waals surface area contributed by atoms with Crippen molar-refractivity contribution in [1.82, 2.24) is 5.32 Å². The molecule has 0 heterocycles. The first-order valence-corrected chi connectivity index (χ1v) is 4.89. The van der Waals surface area contributed by atoms with Gasteiger partial charge in [-0.25, -0.2) is 4.79 Å². The van der Waals surface area contributed by atoms with Crippen LogP contribution in [0, 0.1) is 0 Å². The molecule has 0 spiro atoms. The maximum atomic E-state index is 11.4. The third-order valence-electron chi connectivity index (χ3n) is 2.18. The van der Waals surface area contributed by atoms with E-state index in [2.05, 4.69) is 5.32 Å². The first kappa shape index (κ1) is 13.9. The molecule has 15 heavy (non-hydrogen) atoms. The Balaban J connectivity index is 4.19. The fourth-order valence-electron chi connectivity index (χ4n) is 1.04. The second-order valence-corrected chi connectivity index (χ2v) is 4.01. The molecule has 0 aromatic heterocycles. The van der Waals surface area contributed by atoms with Crippen molar-refractivity contribution in [1.29, 1.82) is 0 Å². The number of nitrogens with one attached hydrogen (secondary N) is 1. The number of ether oxygens (including phenoxy) is 1. The summed E-state index contributed by atoms with van der Waals surface area (Å²) in [5.41, 5.74) is -0.569. The van der Waals surface area contributed by atoms with Crippen LogP contribution in [0.25, 0.3) is 0 Å². The lowest BCUT2D eigenvalue weighted by Gasteiger charge is -2.23. The van der Waals surface area contributed by atoms with Crippen LogP contribution in [0.1, 0.15) is 33.6 Å². The van der Waals surface area contributed by atoms with Gasteiger partial charge in [-0.1, -0.05) is 6.92 Å². The highest BCUT2D eigenvalue weighted by Crippen LogP contribution is 2.12. The molecule has 0 aromatic rings. The third-order valence-corrected chi connectivity index (χ3v) is 2.18. The molecule has 0 rings (SSSR count). The van der Waals surface area contributed by atoms with Crippen molar-refractivity contribution in [3.05, 3.63) is 0 Å². The summed E-state index contributed by atoms with van der Waals surface area (Å²) in [5, 5.41) is 11.2. The summed E-state index contributed by atoms with van der Waals surface area (Å²) < 4.78 is 5.08. The van der Waals surface area contributed by atoms with Crippen LogP contribution in [0.5, 0.6) is 0 Å². The van der Waals surface area contributed by atoms with Crippen LogP contribution in [-0.2, 0) is 14.3 Å². The highest BCUT2D eigenvalue weighted by atomic mass is 16.5. The number of carboxylic acid groups (broad SMARTS) is 1. The summed E-state index contributed by atoms with van der Waals surface area (Å²) in [6.45, 7) is 5.25. The molecule has 88 valence electrons. The zero-order valence-corrected chi connectivity index (χ0v) is 9.66. The number of carbonyl (C=O) groups excluding carboxylic acids is 1. The van der Waals surface area contributed by atoms with Gasteiger partial charge in [0.25, 0.3) is 0 Å². The fourth-order valence-corrected chi connectivity index (χ4v) is 1.04. The van der Waals surface area contributed by atoms with Gasteiger partial charge >= 0.3 is 5.97 Å². The fraction of sp³-hybridized carbons (Fsp3) is 0.800. The maximum absolute atomic E-state index is 11.4. The van der Waals surface area contributed by atoms with Crippen molar-refractivity contribution < 1.29 is 19.4 Å². The van der Waals surface area contributed by atoms with Gasteiger partial charge in [-0.05, 0) is 20.3 Å². The van der Waals surface area contributed by atoms with E-state index in [9.17, 15) is 9.59 Å². The van der Waals surface area contributed by atoms with Crippen LogP contribution in [-0.4, -0.2) is 35.7 Å². The molecule has 0 radical (unpaired) electrons. The number of rotatable bonds is 6. The lowest BCUT2D eigenvalue weighted by molar-refractivity contribution is -0.142. The average molecular weight is 217 g/mol. The largest absolute Gasteiger partial charge is 0.480 e. The van der Waals surface area contributed by atoms with E-state index in [0.29, 0.717) is 6.42 Å². The number of methoxy groups -OCH3 is 1. The van der Waals surface area contributed by atoms with Gasteiger partial charge in [-0.2, -0.15) is 0 Å². The van der Waals surface area contributed by atoms with Gasteiger partial charge in [0.1, 0.15) is 6.04 Å². The predicted octanol–water partition coefficient (Wildman–Crippen LogP) is 0.781. The molecule has 2 N–H and O–H groups in total. The van der Waals surface area contributed by atoms with Crippen molar-refractivity contribution in [3.8, 4) is 0 Å². The Morgan fingerprint density at radius 2 is 2.00 bits per heavy atom. The van der Waals surface area contributed by atoms with Crippen LogP contribution >= 0.6 is 0 Å². The van der Waals surface area contributed by atoms with E-state index >= 15 is 0 Å². The van der Waals surface area contributed by atoms with Gasteiger partial charge < -0.3 is 15.2 Å². The Morgan fingerprint density at radius 3 is 2.33 bits per heavy atom. The zero-order chi connectivity index (χ0) is 12.1. The van der Waals surface area contributed by atoms with Gasteiger partial charge in [-0.15, -0.1) is 0 Å². The minimum Gasteiger partial charge on any atom is -0.480 e. The minimum absolute atomic E-state index is 0.146. The summed E-state index contributed by atoms with van der Waals surface area (Å²) in [5.74, 6) is -1.32. The number of carbonyl (C=O) groups is 2. The standard InChI is InChI=1S/C10H19NO4/c1-5-7(9(13)14)11-8(12)6-10(2,3)15-4/h7H,5-6H2,1-4H3,(H,11,12)(H,13,14)/t7-/m0/s1. The van der Waals surface area contributed by atoms with Crippen LogP contribution in [0.3, 0.4) is 0 Å². The second kappa shape index (κ2) is 5.70. The molecule has 0 unspecified atom stereocenters. The summed E-state index contributed by atoms with van der Waals surface area (Å²) in [6.07, 6.45) is 0.516. The molecule has 0 aromatic carbocycles. The highest BCUT2D eigenvalue weighted by Gasteiger charge is 2.24. The van der Waals surface area contributed by atoms with Crippen molar-refractivity contribution in [2.24, 2.45) is 0 Å². The Hall–Kier alpha value is -1.10. The zero-order valence-electron chi connectivity index (χ0n) is 9.66. The number of carboxylic acids is 1. The molecule has 0 fully saturated rings. The summed E-state index contributed by atoms with van der Waals surface area (Å²) >= 11 is 0. The SMILES string of the molecule is CC[C@H](NC(=O)CC(C)(C)OC)C(=O)O. The molecule has 5 heteroatoms. The summed E-state index contributed by atoms with van der Waals surface area (Å²) in [6, 6.07) is -0.815. The Kier molecular flexibility index (Phi) is 5.28. The number of aliphatic carboxylic acids is 1. The molecular formula is C10H19NO4. The number of amides is 1. The molecule has 0 aliphatic heterocycles. The Morgan fingerprint density at radius 1 is 1.47 bits per heavy atom. The normalized spacial score (nSPS) is 13.3. The van der Waals surface area contributed by atoms with E-state index < -0.39 is 17.6 Å². The van der Waals surface area contributed by atoms with Gasteiger partial charge in [0.05, 0.1) is 12.0 Å². The lowest BCUT2D eigenvalue weighted by Crippen LogP contribution is -2.43. The monoisotopic (exact) mass is 217 g/mol. The van der Waals surface area contributed by atoms with Gasteiger partial charge in [0.15, 0.2) is 0 Å². The van der Waals surface area contributed by atoms with Crippen LogP contribution in [0.4, 0.5) is 0 Å². The molecule has 0 saturated carbocycles. The maximum Gasteiger partial charge on any atom is 0.326 e. The van der Waals surface area contributed by atoms with E-state index in [-0.39, 0.29) is 12.3 Å². The summed E-state index contributed by atoms with van der Waals surface area (Å²) in [4.78, 5) is 22.1. The van der Waals surface area contributed by atoms with Crippen LogP contribution in [0.15, 0.2) is 0 Å². The molecule has 5 nitrogen and oxygen atoms in total. The topological polar surface area (TPSA) is 75.6 Å². The van der Waals surface area contributed by atoms with Crippen LogP contribution in [0.2, 0.25) is 0 Å². The van der Waals surface area contributed by atoms with Crippen molar-refractivity contribution in [2.75, 3.05) is 7.11 Å². The average Bonchev–Trinajstić information content (AvgIpc) is 2.13. The first-order valence-electron chi connectivity index (χ1n) is 4.89. The third kappa shape index (κ3) is 5.37. The molecule has 1 atom stereocenters. The van der Waals surface area contributed by atoms with Crippen molar-refractivity contribution >= 4 is 11.9 Å². The quantitative estimate of drug-likeness (QED) is 0.689. The molecule has 0 aliphatic carbocycles. The van der Waals surface area contributed by atoms with Crippen LogP contribution < -0.4 is 5.32 Å². The van der Waals surface area contributed by atoms with E-state index in [1.807, 2.05) is 0 Å². The molecule has 0 saturated heterocycles. The Labute approximate surface area is 89.8 Å². The first-order chi connectivity index (χ1) is 6.82. The number of hydrogen-bond donors (Lipinski definition) is 2. The van der Waals surface area contributed by atoms with Gasteiger partial charge in [-0.3, -0.25) is 4.79 Å². The van der Waals surface area contributed by atoms with Crippen molar-refractivity contribution in [3.63, 3.8) is 0 Å². The van der Waals surface area contributed by atoms with E-state index in [0.717, 1.165) is 0 Å². The minimum atomic E-state index is -1.01. The highest BCUT2D eigenvalue weighted by molar-refractivity contribution is 5.83. The van der Waals surface area contributed by atoms with Gasteiger partial charge in [0, 0.05) is 7.11 Å². The van der Waals surface area contributed by atoms with Gasteiger partial charge in [0.2, 0.25) is 5.91 Å². The Bertz CT molecular complexity index is 238. The predicted molar refractivity (Wildman–Crippen MR) is 55.6 cm³/mol. The van der Waals surface area contributed by atoms with E-state index in [1.54, 1.807) is 20.8 Å². The number of hydrogen-bond acceptors (Lipinski definition) is 3. The summed E-state index contributed by atoms with van der Waals surface area (Å²) in [7, 11) is 1.52. The van der Waals surface area contributed by atoms with E-state index in [4.69, 9.17) is 9.84 Å².